The van der Waals surface area contributed by atoms with Gasteiger partial charge in [-0.3, -0.25) is 9.59 Å². The number of ether oxygens (including phenoxy) is 2. The van der Waals surface area contributed by atoms with Gasteiger partial charge in [-0.1, -0.05) is 25.7 Å². The van der Waals surface area contributed by atoms with E-state index in [2.05, 4.69) is 34.4 Å². The number of hydrogen-bond donors (Lipinski definition) is 1. The average molecular weight is 301 g/mol. The van der Waals surface area contributed by atoms with Gasteiger partial charge in [0.2, 0.25) is 5.91 Å². The Kier molecular flexibility index (Phi) is 7.82. The number of allylic oxidation sites excluding steroid dienone is 1. The van der Waals surface area contributed by atoms with Gasteiger partial charge in [0.15, 0.2) is 0 Å². The van der Waals surface area contributed by atoms with Crippen LogP contribution in [-0.4, -0.2) is 46.2 Å². The molecule has 114 valence electrons. The predicted molar refractivity (Wildman–Crippen MR) is 77.9 cm³/mol. The second kappa shape index (κ2) is 8.52. The summed E-state index contributed by atoms with van der Waals surface area (Å²) < 4.78 is 9.01. The summed E-state index contributed by atoms with van der Waals surface area (Å²) in [6.07, 6.45) is 2.91. The van der Waals surface area contributed by atoms with E-state index in [1.807, 2.05) is 0 Å². The van der Waals surface area contributed by atoms with Crippen LogP contribution in [0.3, 0.4) is 0 Å². The Morgan fingerprint density at radius 1 is 1.15 bits per heavy atom. The molecular formula is C13H23NO5Si. The van der Waals surface area contributed by atoms with Crippen molar-refractivity contribution in [1.29, 1.82) is 0 Å². The molecule has 1 amide bonds. The van der Waals surface area contributed by atoms with Crippen molar-refractivity contribution in [2.24, 2.45) is 0 Å². The molecule has 0 rings (SSSR count). The van der Waals surface area contributed by atoms with Crippen molar-refractivity contribution in [3.8, 4) is 0 Å². The summed E-state index contributed by atoms with van der Waals surface area (Å²) in [4.78, 5) is 34.3. The van der Waals surface area contributed by atoms with E-state index in [1.165, 1.54) is 20.3 Å². The molecule has 1 atom stereocenters. The molecule has 0 aromatic heterocycles. The summed E-state index contributed by atoms with van der Waals surface area (Å²) in [6, 6.07) is -0.170. The van der Waals surface area contributed by atoms with Gasteiger partial charge in [-0.2, -0.15) is 0 Å². The van der Waals surface area contributed by atoms with Crippen LogP contribution in [0.15, 0.2) is 12.2 Å². The van der Waals surface area contributed by atoms with Crippen LogP contribution in [0, 0.1) is 0 Å². The maximum absolute atomic E-state index is 11.7. The molecule has 20 heavy (non-hydrogen) atoms. The van der Waals surface area contributed by atoms with Crippen molar-refractivity contribution in [3.05, 3.63) is 12.2 Å². The van der Waals surface area contributed by atoms with Crippen molar-refractivity contribution < 1.29 is 23.9 Å². The second-order valence-electron chi connectivity index (χ2n) is 5.53. The third kappa shape index (κ3) is 8.47. The fraction of sp³-hybridized carbons (Fsp3) is 0.615. The lowest BCUT2D eigenvalue weighted by atomic mass is 10.2. The van der Waals surface area contributed by atoms with Gasteiger partial charge >= 0.3 is 11.9 Å². The van der Waals surface area contributed by atoms with Crippen molar-refractivity contribution >= 4 is 25.9 Å². The molecular weight excluding hydrogens is 278 g/mol. The zero-order valence-corrected chi connectivity index (χ0v) is 13.7. The Morgan fingerprint density at radius 2 is 1.75 bits per heavy atom. The standard InChI is InChI=1S/C13H23NO5Si/c1-18-12(16)9-10(13(17)19-2)14-11(15)7-6-8-20(3,4)5/h6-7,10H,8-9H2,1-5H3,(H,14,15)/b7-6+/t10-/m0/s1. The largest absolute Gasteiger partial charge is 0.469 e. The Morgan fingerprint density at radius 3 is 2.20 bits per heavy atom. The number of rotatable bonds is 7. The minimum Gasteiger partial charge on any atom is -0.469 e. The lowest BCUT2D eigenvalue weighted by Crippen LogP contribution is -2.42. The zero-order valence-electron chi connectivity index (χ0n) is 12.7. The maximum Gasteiger partial charge on any atom is 0.328 e. The average Bonchev–Trinajstić information content (AvgIpc) is 2.35. The predicted octanol–water partition coefficient (Wildman–Crippen LogP) is 1.10. The number of methoxy groups -OCH3 is 2. The van der Waals surface area contributed by atoms with Crippen LogP contribution in [0.4, 0.5) is 0 Å². The fourth-order valence-corrected chi connectivity index (χ4v) is 2.15. The number of amides is 1. The van der Waals surface area contributed by atoms with Gasteiger partial charge < -0.3 is 14.8 Å². The molecule has 0 heterocycles. The molecule has 0 radical (unpaired) electrons. The third-order valence-electron chi connectivity index (χ3n) is 2.40. The van der Waals surface area contributed by atoms with Gasteiger partial charge in [-0.25, -0.2) is 4.79 Å². The molecule has 0 aromatic rings. The van der Waals surface area contributed by atoms with Gasteiger partial charge in [0.25, 0.3) is 0 Å². The first-order valence-electron chi connectivity index (χ1n) is 6.31. The van der Waals surface area contributed by atoms with E-state index in [4.69, 9.17) is 0 Å². The summed E-state index contributed by atoms with van der Waals surface area (Å²) >= 11 is 0. The van der Waals surface area contributed by atoms with Crippen LogP contribution in [-0.2, 0) is 23.9 Å². The monoisotopic (exact) mass is 301 g/mol. The number of carbonyl (C=O) groups excluding carboxylic acids is 3. The van der Waals surface area contributed by atoms with Crippen LogP contribution >= 0.6 is 0 Å². The molecule has 7 heteroatoms. The maximum atomic E-state index is 11.7. The molecule has 6 nitrogen and oxygen atoms in total. The molecule has 0 saturated carbocycles. The van der Waals surface area contributed by atoms with Crippen LogP contribution in [0.25, 0.3) is 0 Å². The van der Waals surface area contributed by atoms with E-state index in [0.717, 1.165) is 6.04 Å². The molecule has 0 fully saturated rings. The molecule has 0 aliphatic carbocycles. The second-order valence-corrected chi connectivity index (χ2v) is 11.1. The van der Waals surface area contributed by atoms with Crippen molar-refractivity contribution in [3.63, 3.8) is 0 Å². The Bertz CT molecular complexity index is 387. The molecule has 0 aliphatic heterocycles. The highest BCUT2D eigenvalue weighted by molar-refractivity contribution is 6.76. The summed E-state index contributed by atoms with van der Waals surface area (Å²) in [5, 5.41) is 2.43. The Labute approximate surface area is 120 Å². The number of nitrogens with one attached hydrogen (secondary N) is 1. The molecule has 0 aliphatic rings. The fourth-order valence-electron chi connectivity index (χ4n) is 1.32. The van der Waals surface area contributed by atoms with Crippen LogP contribution in [0.5, 0.6) is 0 Å². The summed E-state index contributed by atoms with van der Waals surface area (Å²) in [6.45, 7) is 6.55. The first-order chi connectivity index (χ1) is 9.19. The highest BCUT2D eigenvalue weighted by Crippen LogP contribution is 2.08. The van der Waals surface area contributed by atoms with Gasteiger partial charge in [0, 0.05) is 8.07 Å². The first-order valence-corrected chi connectivity index (χ1v) is 10.0. The normalized spacial score (nSPS) is 12.8. The quantitative estimate of drug-likeness (QED) is 0.432. The highest BCUT2D eigenvalue weighted by Gasteiger charge is 2.24. The third-order valence-corrected chi connectivity index (χ3v) is 3.86. The summed E-state index contributed by atoms with van der Waals surface area (Å²) in [7, 11) is 1.15. The molecule has 0 saturated heterocycles. The van der Waals surface area contributed by atoms with E-state index < -0.39 is 32.0 Å². The van der Waals surface area contributed by atoms with Gasteiger partial charge in [-0.15, -0.1) is 0 Å². The van der Waals surface area contributed by atoms with Gasteiger partial charge in [-0.05, 0) is 12.1 Å². The molecule has 0 spiro atoms. The minimum atomic E-state index is -1.26. The topological polar surface area (TPSA) is 81.7 Å². The SMILES string of the molecule is COC(=O)C[C@H](NC(=O)/C=C/C[Si](C)(C)C)C(=O)OC. The number of carbonyl (C=O) groups is 3. The molecule has 1 N–H and O–H groups in total. The lowest BCUT2D eigenvalue weighted by Gasteiger charge is -2.14. The zero-order chi connectivity index (χ0) is 15.8. The first kappa shape index (κ1) is 18.4. The smallest absolute Gasteiger partial charge is 0.328 e. The summed E-state index contributed by atoms with van der Waals surface area (Å²) in [5.74, 6) is -1.70. The van der Waals surface area contributed by atoms with E-state index >= 15 is 0 Å². The van der Waals surface area contributed by atoms with Crippen LogP contribution in [0.2, 0.25) is 25.7 Å². The Balaban J connectivity index is 4.53. The highest BCUT2D eigenvalue weighted by atomic mass is 28.3. The van der Waals surface area contributed by atoms with Crippen molar-refractivity contribution in [2.45, 2.75) is 38.1 Å². The van der Waals surface area contributed by atoms with E-state index in [1.54, 1.807) is 6.08 Å². The van der Waals surface area contributed by atoms with E-state index in [-0.39, 0.29) is 6.42 Å². The molecule has 0 unspecified atom stereocenters. The van der Waals surface area contributed by atoms with Crippen molar-refractivity contribution in [2.75, 3.05) is 14.2 Å². The lowest BCUT2D eigenvalue weighted by molar-refractivity contribution is -0.150. The van der Waals surface area contributed by atoms with Crippen LogP contribution < -0.4 is 5.32 Å². The van der Waals surface area contributed by atoms with E-state index in [0.29, 0.717) is 0 Å². The van der Waals surface area contributed by atoms with Crippen LogP contribution in [0.1, 0.15) is 6.42 Å². The minimum absolute atomic E-state index is 0.253. The molecule has 0 aromatic carbocycles. The van der Waals surface area contributed by atoms with Gasteiger partial charge in [0.1, 0.15) is 6.04 Å². The Hall–Kier alpha value is -1.63. The van der Waals surface area contributed by atoms with E-state index in [9.17, 15) is 14.4 Å². The number of hydrogen-bond acceptors (Lipinski definition) is 5. The van der Waals surface area contributed by atoms with Gasteiger partial charge in [0.05, 0.1) is 20.6 Å². The summed E-state index contributed by atoms with van der Waals surface area (Å²) in [5.41, 5.74) is 0. The number of esters is 2. The molecule has 0 bridgehead atoms. The van der Waals surface area contributed by atoms with Crippen molar-refractivity contribution in [1.82, 2.24) is 5.32 Å².